The lowest BCUT2D eigenvalue weighted by molar-refractivity contribution is -0.141. The van der Waals surface area contributed by atoms with Crippen LogP contribution in [-0.4, -0.2) is 55.6 Å². The van der Waals surface area contributed by atoms with Crippen molar-refractivity contribution in [1.82, 2.24) is 19.4 Å². The van der Waals surface area contributed by atoms with Gasteiger partial charge in [0.2, 0.25) is 21.7 Å². The molecule has 0 spiro atoms. The highest BCUT2D eigenvalue weighted by Crippen LogP contribution is 2.32. The number of nitrogens with zero attached hydrogens (tertiary/aromatic N) is 4. The van der Waals surface area contributed by atoms with E-state index in [9.17, 15) is 30.0 Å². The van der Waals surface area contributed by atoms with E-state index < -0.39 is 31.7 Å². The second-order valence-electron chi connectivity index (χ2n) is 7.81. The third-order valence-corrected chi connectivity index (χ3v) is 8.43. The van der Waals surface area contributed by atoms with E-state index in [1.54, 1.807) is 0 Å². The summed E-state index contributed by atoms with van der Waals surface area (Å²) >= 11 is 0. The van der Waals surface area contributed by atoms with E-state index in [1.165, 1.54) is 28.6 Å². The number of pyridine rings is 1. The van der Waals surface area contributed by atoms with Gasteiger partial charge < -0.3 is 4.52 Å². The molecule has 1 fully saturated rings. The van der Waals surface area contributed by atoms with Gasteiger partial charge in [-0.2, -0.15) is 22.5 Å². The Labute approximate surface area is 193 Å². The summed E-state index contributed by atoms with van der Waals surface area (Å²) in [5.41, 5.74) is -0.774. The summed E-state index contributed by atoms with van der Waals surface area (Å²) < 4.78 is 94.1. The van der Waals surface area contributed by atoms with Crippen LogP contribution in [0.4, 0.5) is 13.2 Å². The fourth-order valence-electron chi connectivity index (χ4n) is 3.57. The van der Waals surface area contributed by atoms with Crippen molar-refractivity contribution in [2.45, 2.75) is 34.7 Å². The lowest BCUT2D eigenvalue weighted by Crippen LogP contribution is -2.38. The molecule has 1 saturated heterocycles. The molecule has 1 aliphatic heterocycles. The maximum Gasteiger partial charge on any atom is 0.433 e. The number of sulfone groups is 1. The minimum absolute atomic E-state index is 0.0837. The van der Waals surface area contributed by atoms with Crippen LogP contribution in [0.5, 0.6) is 0 Å². The molecule has 182 valence electrons. The summed E-state index contributed by atoms with van der Waals surface area (Å²) in [6.45, 7) is 0.297. The zero-order chi connectivity index (χ0) is 24.7. The SMILES string of the molecule is CS(=O)(=O)c1cccc(S(=O)(=O)N2CCC(c3nc(-c4ccc(C(F)(F)F)nc4)no3)CC2)c1. The first-order chi connectivity index (χ1) is 15.9. The monoisotopic (exact) mass is 516 g/mol. The number of halogens is 3. The fraction of sp³-hybridized carbons (Fsp3) is 0.350. The molecule has 0 unspecified atom stereocenters. The van der Waals surface area contributed by atoms with E-state index in [0.717, 1.165) is 24.6 Å². The van der Waals surface area contributed by atoms with Crippen LogP contribution >= 0.6 is 0 Å². The van der Waals surface area contributed by atoms with Crippen LogP contribution in [0, 0.1) is 0 Å². The van der Waals surface area contributed by atoms with Gasteiger partial charge in [0.25, 0.3) is 0 Å². The Balaban J connectivity index is 1.45. The van der Waals surface area contributed by atoms with Crippen molar-refractivity contribution < 1.29 is 34.5 Å². The quantitative estimate of drug-likeness (QED) is 0.507. The number of benzene rings is 1. The minimum atomic E-state index is -4.55. The van der Waals surface area contributed by atoms with Gasteiger partial charge in [-0.05, 0) is 43.2 Å². The fourth-order valence-corrected chi connectivity index (χ4v) is 5.83. The molecule has 0 saturated carbocycles. The van der Waals surface area contributed by atoms with E-state index in [2.05, 4.69) is 15.1 Å². The third-order valence-electron chi connectivity index (χ3n) is 5.43. The van der Waals surface area contributed by atoms with Crippen LogP contribution in [0.25, 0.3) is 11.4 Å². The smallest absolute Gasteiger partial charge is 0.339 e. The lowest BCUT2D eigenvalue weighted by Gasteiger charge is -2.29. The molecule has 34 heavy (non-hydrogen) atoms. The van der Waals surface area contributed by atoms with Gasteiger partial charge in [-0.25, -0.2) is 16.8 Å². The van der Waals surface area contributed by atoms with Gasteiger partial charge in [0, 0.05) is 37.0 Å². The molecule has 3 aromatic rings. The molecule has 1 aromatic carbocycles. The molecule has 14 heteroatoms. The van der Waals surface area contributed by atoms with Crippen LogP contribution in [-0.2, 0) is 26.0 Å². The number of sulfonamides is 1. The van der Waals surface area contributed by atoms with Crippen molar-refractivity contribution >= 4 is 19.9 Å². The largest absolute Gasteiger partial charge is 0.433 e. The van der Waals surface area contributed by atoms with E-state index in [0.29, 0.717) is 12.8 Å². The van der Waals surface area contributed by atoms with Crippen molar-refractivity contribution in [3.63, 3.8) is 0 Å². The molecule has 0 radical (unpaired) electrons. The van der Waals surface area contributed by atoms with E-state index in [4.69, 9.17) is 4.52 Å². The van der Waals surface area contributed by atoms with Gasteiger partial charge in [-0.15, -0.1) is 0 Å². The van der Waals surface area contributed by atoms with Gasteiger partial charge >= 0.3 is 6.18 Å². The minimum Gasteiger partial charge on any atom is -0.339 e. The van der Waals surface area contributed by atoms with Crippen LogP contribution in [0.3, 0.4) is 0 Å². The average Bonchev–Trinajstić information content (AvgIpc) is 3.29. The molecule has 0 amide bonds. The first-order valence-electron chi connectivity index (χ1n) is 10.0. The molecule has 0 N–H and O–H groups in total. The molecule has 2 aromatic heterocycles. The van der Waals surface area contributed by atoms with Crippen LogP contribution in [0.1, 0.15) is 30.3 Å². The first-order valence-corrected chi connectivity index (χ1v) is 13.4. The molecular weight excluding hydrogens is 497 g/mol. The second kappa shape index (κ2) is 8.74. The van der Waals surface area contributed by atoms with Crippen molar-refractivity contribution in [2.24, 2.45) is 0 Å². The van der Waals surface area contributed by atoms with Crippen molar-refractivity contribution in [3.05, 3.63) is 54.2 Å². The Kier molecular flexibility index (Phi) is 6.25. The normalized spacial score (nSPS) is 16.6. The summed E-state index contributed by atoms with van der Waals surface area (Å²) in [6, 6.07) is 7.22. The Morgan fingerprint density at radius 2 is 1.71 bits per heavy atom. The number of alkyl halides is 3. The van der Waals surface area contributed by atoms with Crippen molar-refractivity contribution in [1.29, 1.82) is 0 Å². The number of piperidine rings is 1. The second-order valence-corrected chi connectivity index (χ2v) is 11.8. The number of rotatable bonds is 5. The number of aromatic nitrogens is 3. The maximum absolute atomic E-state index is 13.0. The number of hydrogen-bond donors (Lipinski definition) is 0. The highest BCUT2D eigenvalue weighted by atomic mass is 32.2. The highest BCUT2D eigenvalue weighted by Gasteiger charge is 2.34. The Hall–Kier alpha value is -2.84. The first kappa shape index (κ1) is 24.3. The Morgan fingerprint density at radius 3 is 2.29 bits per heavy atom. The van der Waals surface area contributed by atoms with Gasteiger partial charge in [-0.3, -0.25) is 4.98 Å². The molecule has 1 aliphatic rings. The maximum atomic E-state index is 13.0. The molecule has 4 rings (SSSR count). The van der Waals surface area contributed by atoms with Gasteiger partial charge in [0.05, 0.1) is 9.79 Å². The molecule has 0 bridgehead atoms. The molecule has 9 nitrogen and oxygen atoms in total. The summed E-state index contributed by atoms with van der Waals surface area (Å²) in [7, 11) is -7.46. The van der Waals surface area contributed by atoms with Gasteiger partial charge in [-0.1, -0.05) is 11.2 Å². The molecular formula is C20H19F3N4O5S2. The standard InChI is InChI=1S/C20H19F3N4O5S2/c1-33(28,29)15-3-2-4-16(11-15)34(30,31)27-9-7-13(8-10-27)19-25-18(26-32-19)14-5-6-17(24-12-14)20(21,22)23/h2-6,11-13H,7-10H2,1H3. The zero-order valence-electron chi connectivity index (χ0n) is 17.7. The van der Waals surface area contributed by atoms with E-state index in [1.807, 2.05) is 0 Å². The van der Waals surface area contributed by atoms with Crippen LogP contribution in [0.15, 0.2) is 56.9 Å². The predicted molar refractivity (Wildman–Crippen MR) is 113 cm³/mol. The highest BCUT2D eigenvalue weighted by molar-refractivity contribution is 7.91. The Bertz CT molecular complexity index is 1400. The summed E-state index contributed by atoms with van der Waals surface area (Å²) in [5, 5.41) is 3.81. The Morgan fingerprint density at radius 1 is 1.03 bits per heavy atom. The van der Waals surface area contributed by atoms with Crippen LogP contribution in [0.2, 0.25) is 0 Å². The molecule has 3 heterocycles. The van der Waals surface area contributed by atoms with Gasteiger partial charge in [0.1, 0.15) is 5.69 Å². The lowest BCUT2D eigenvalue weighted by atomic mass is 9.98. The summed E-state index contributed by atoms with van der Waals surface area (Å²) in [5.74, 6) is 0.104. The predicted octanol–water partition coefficient (Wildman–Crippen LogP) is 3.12. The van der Waals surface area contributed by atoms with E-state index in [-0.39, 0.29) is 46.1 Å². The molecule has 0 atom stereocenters. The summed E-state index contributed by atoms with van der Waals surface area (Å²) in [6.07, 6.45) is -1.79. The average molecular weight is 517 g/mol. The van der Waals surface area contributed by atoms with Crippen LogP contribution < -0.4 is 0 Å². The van der Waals surface area contributed by atoms with Crippen molar-refractivity contribution in [2.75, 3.05) is 19.3 Å². The van der Waals surface area contributed by atoms with E-state index >= 15 is 0 Å². The number of hydrogen-bond acceptors (Lipinski definition) is 8. The third kappa shape index (κ3) is 4.98. The topological polar surface area (TPSA) is 123 Å². The van der Waals surface area contributed by atoms with Gasteiger partial charge in [0.15, 0.2) is 9.84 Å². The van der Waals surface area contributed by atoms with Crippen molar-refractivity contribution in [3.8, 4) is 11.4 Å². The zero-order valence-corrected chi connectivity index (χ0v) is 19.4. The molecule has 0 aliphatic carbocycles. The summed E-state index contributed by atoms with van der Waals surface area (Å²) in [4.78, 5) is 7.43.